The molecule has 0 aromatic heterocycles. The molecule has 3 aromatic rings. The van der Waals surface area contributed by atoms with Crippen LogP contribution in [0.25, 0.3) is 6.08 Å². The quantitative estimate of drug-likeness (QED) is 0.357. The molecule has 10 heteroatoms. The summed E-state index contributed by atoms with van der Waals surface area (Å²) in [6.45, 7) is 2.68. The highest BCUT2D eigenvalue weighted by Gasteiger charge is 2.22. The summed E-state index contributed by atoms with van der Waals surface area (Å²) >= 11 is 11.9. The summed E-state index contributed by atoms with van der Waals surface area (Å²) in [6.07, 6.45) is 3.45. The summed E-state index contributed by atoms with van der Waals surface area (Å²) in [5.74, 6) is 0.752. The first-order chi connectivity index (χ1) is 18.5. The van der Waals surface area contributed by atoms with Crippen molar-refractivity contribution < 1.29 is 19.1 Å². The summed E-state index contributed by atoms with van der Waals surface area (Å²) in [5, 5.41) is 6.34. The number of carbonyl (C=O) groups is 2. The molecule has 0 radical (unpaired) electrons. The molecule has 2 aliphatic rings. The smallest absolute Gasteiger partial charge is 0.257 e. The highest BCUT2D eigenvalue weighted by atomic mass is 35.5. The van der Waals surface area contributed by atoms with E-state index in [-0.39, 0.29) is 23.7 Å². The fraction of sp³-hybridized carbons (Fsp3) is 0.179. The molecule has 2 aliphatic heterocycles. The average Bonchev–Trinajstić information content (AvgIpc) is 3.40. The topological polar surface area (TPSA) is 83.1 Å². The number of nitrogens with one attached hydrogen (secondary N) is 2. The van der Waals surface area contributed by atoms with E-state index in [1.165, 1.54) is 0 Å². The van der Waals surface area contributed by atoms with E-state index in [1.54, 1.807) is 30.3 Å². The molecule has 38 heavy (non-hydrogen) atoms. The van der Waals surface area contributed by atoms with Gasteiger partial charge in [-0.05, 0) is 60.3 Å². The number of rotatable bonds is 5. The lowest BCUT2D eigenvalue weighted by molar-refractivity contribution is -0.126. The molecule has 2 amide bonds. The number of carbonyl (C=O) groups excluding carboxylic acids is 2. The molecule has 0 aliphatic carbocycles. The van der Waals surface area contributed by atoms with Crippen molar-refractivity contribution in [3.8, 4) is 11.5 Å². The second kappa shape index (κ2) is 11.5. The van der Waals surface area contributed by atoms with E-state index in [2.05, 4.69) is 15.5 Å². The summed E-state index contributed by atoms with van der Waals surface area (Å²) in [4.78, 5) is 29.1. The van der Waals surface area contributed by atoms with E-state index in [9.17, 15) is 9.59 Å². The van der Waals surface area contributed by atoms with Crippen LogP contribution in [-0.4, -0.2) is 54.8 Å². The first-order valence-corrected chi connectivity index (χ1v) is 12.8. The fourth-order valence-electron chi connectivity index (χ4n) is 4.22. The Morgan fingerprint density at radius 1 is 0.921 bits per heavy atom. The van der Waals surface area contributed by atoms with E-state index in [0.717, 1.165) is 11.3 Å². The lowest BCUT2D eigenvalue weighted by atomic mass is 10.2. The molecule has 1 fully saturated rings. The Morgan fingerprint density at radius 2 is 1.68 bits per heavy atom. The predicted molar refractivity (Wildman–Crippen MR) is 152 cm³/mol. The molecule has 8 nitrogen and oxygen atoms in total. The third-order valence-electron chi connectivity index (χ3n) is 6.22. The molecule has 1 saturated heterocycles. The Balaban J connectivity index is 1.13. The second-order valence-electron chi connectivity index (χ2n) is 8.70. The minimum atomic E-state index is -0.366. The maximum atomic E-state index is 12.6. The molecule has 2 heterocycles. The van der Waals surface area contributed by atoms with Crippen molar-refractivity contribution in [2.45, 2.75) is 0 Å². The van der Waals surface area contributed by atoms with Gasteiger partial charge < -0.3 is 24.6 Å². The van der Waals surface area contributed by atoms with Gasteiger partial charge in [-0.2, -0.15) is 0 Å². The lowest BCUT2D eigenvalue weighted by Gasteiger charge is -2.36. The number of fused-ring (bicyclic) bond motifs is 1. The van der Waals surface area contributed by atoms with Gasteiger partial charge in [0.2, 0.25) is 12.7 Å². The Bertz CT molecular complexity index is 1390. The summed E-state index contributed by atoms with van der Waals surface area (Å²) in [6, 6.07) is 20.2. The van der Waals surface area contributed by atoms with Crippen LogP contribution in [0.2, 0.25) is 5.02 Å². The molecule has 0 spiro atoms. The van der Waals surface area contributed by atoms with Crippen LogP contribution in [0, 0.1) is 0 Å². The van der Waals surface area contributed by atoms with Crippen LogP contribution in [0.5, 0.6) is 11.5 Å². The maximum Gasteiger partial charge on any atom is 0.257 e. The van der Waals surface area contributed by atoms with Gasteiger partial charge in [0.1, 0.15) is 0 Å². The lowest BCUT2D eigenvalue weighted by Crippen LogP contribution is -2.48. The number of nitrogens with zero attached hydrogens (tertiary/aromatic N) is 2. The molecule has 194 valence electrons. The minimum absolute atomic E-state index is 0.00421. The predicted octanol–water partition coefficient (Wildman–Crippen LogP) is 4.56. The zero-order valence-electron chi connectivity index (χ0n) is 20.4. The molecule has 0 saturated carbocycles. The SMILES string of the molecule is O=C(NC(=S)Nc1ccc(N2CCN(C(=O)/C=C/c3ccccc3)CC2)c(Cl)c1)c1ccc2c(c1)OCO2. The van der Waals surface area contributed by atoms with Gasteiger partial charge in [0.05, 0.1) is 10.7 Å². The summed E-state index contributed by atoms with van der Waals surface area (Å²) < 4.78 is 10.6. The highest BCUT2D eigenvalue weighted by Crippen LogP contribution is 2.32. The molecular weight excluding hydrogens is 524 g/mol. The average molecular weight is 549 g/mol. The van der Waals surface area contributed by atoms with Gasteiger partial charge in [-0.1, -0.05) is 41.9 Å². The van der Waals surface area contributed by atoms with Crippen LogP contribution in [0.4, 0.5) is 11.4 Å². The van der Waals surface area contributed by atoms with E-state index in [1.807, 2.05) is 53.4 Å². The zero-order valence-corrected chi connectivity index (χ0v) is 21.9. The van der Waals surface area contributed by atoms with Gasteiger partial charge in [-0.3, -0.25) is 14.9 Å². The van der Waals surface area contributed by atoms with Crippen LogP contribution in [0.1, 0.15) is 15.9 Å². The molecule has 0 bridgehead atoms. The Labute approximate surface area is 230 Å². The second-order valence-corrected chi connectivity index (χ2v) is 9.51. The number of halogens is 1. The van der Waals surface area contributed by atoms with Crippen molar-refractivity contribution in [2.75, 3.05) is 43.2 Å². The Morgan fingerprint density at radius 3 is 2.45 bits per heavy atom. The number of ether oxygens (including phenoxy) is 2. The van der Waals surface area contributed by atoms with Crippen molar-refractivity contribution in [3.05, 3.63) is 89.0 Å². The zero-order chi connectivity index (χ0) is 26.5. The van der Waals surface area contributed by atoms with Gasteiger partial charge in [-0.25, -0.2) is 0 Å². The summed E-state index contributed by atoms with van der Waals surface area (Å²) in [5.41, 5.74) is 2.92. The number of benzene rings is 3. The monoisotopic (exact) mass is 548 g/mol. The minimum Gasteiger partial charge on any atom is -0.454 e. The van der Waals surface area contributed by atoms with Crippen molar-refractivity contribution in [1.29, 1.82) is 0 Å². The number of hydrogen-bond donors (Lipinski definition) is 2. The number of amides is 2. The third-order valence-corrected chi connectivity index (χ3v) is 6.72. The fourth-order valence-corrected chi connectivity index (χ4v) is 4.73. The van der Waals surface area contributed by atoms with Crippen molar-refractivity contribution in [3.63, 3.8) is 0 Å². The molecule has 0 atom stereocenters. The third kappa shape index (κ3) is 6.07. The van der Waals surface area contributed by atoms with Crippen molar-refractivity contribution in [1.82, 2.24) is 10.2 Å². The molecule has 3 aromatic carbocycles. The normalized spacial score (nSPS) is 14.4. The highest BCUT2D eigenvalue weighted by molar-refractivity contribution is 7.80. The Hall–Kier alpha value is -4.08. The standard InChI is InChI=1S/C28H25ClN4O4S/c29-22-17-21(30-28(38)31-27(35)20-7-10-24-25(16-20)37-18-36-24)8-9-23(22)32-12-14-33(15-13-32)26(34)11-6-19-4-2-1-3-5-19/h1-11,16-17H,12-15,18H2,(H2,30,31,35,38)/b11-6+. The number of anilines is 2. The van der Waals surface area contributed by atoms with Gasteiger partial charge in [0.15, 0.2) is 16.6 Å². The van der Waals surface area contributed by atoms with E-state index >= 15 is 0 Å². The van der Waals surface area contributed by atoms with Gasteiger partial charge in [0.25, 0.3) is 5.91 Å². The van der Waals surface area contributed by atoms with Crippen molar-refractivity contribution >= 4 is 58.2 Å². The maximum absolute atomic E-state index is 12.6. The first-order valence-electron chi connectivity index (χ1n) is 12.0. The number of piperazine rings is 1. The number of hydrogen-bond acceptors (Lipinski definition) is 6. The van der Waals surface area contributed by atoms with Gasteiger partial charge in [0, 0.05) is 43.5 Å². The van der Waals surface area contributed by atoms with Crippen LogP contribution in [0.3, 0.4) is 0 Å². The van der Waals surface area contributed by atoms with Crippen LogP contribution in [0.15, 0.2) is 72.8 Å². The van der Waals surface area contributed by atoms with E-state index in [0.29, 0.717) is 54.0 Å². The van der Waals surface area contributed by atoms with Crippen LogP contribution < -0.4 is 25.0 Å². The van der Waals surface area contributed by atoms with E-state index < -0.39 is 0 Å². The summed E-state index contributed by atoms with van der Waals surface area (Å²) in [7, 11) is 0. The van der Waals surface area contributed by atoms with Crippen LogP contribution in [-0.2, 0) is 4.79 Å². The first kappa shape index (κ1) is 25.6. The Kier molecular flexibility index (Phi) is 7.76. The van der Waals surface area contributed by atoms with Gasteiger partial charge >= 0.3 is 0 Å². The molecular formula is C28H25ClN4O4S. The molecule has 5 rings (SSSR count). The molecule has 0 unspecified atom stereocenters. The van der Waals surface area contributed by atoms with Gasteiger partial charge in [-0.15, -0.1) is 0 Å². The van der Waals surface area contributed by atoms with Crippen LogP contribution >= 0.6 is 23.8 Å². The van der Waals surface area contributed by atoms with Crippen molar-refractivity contribution in [2.24, 2.45) is 0 Å². The number of thiocarbonyl (C=S) groups is 1. The largest absolute Gasteiger partial charge is 0.454 e. The van der Waals surface area contributed by atoms with E-state index in [4.69, 9.17) is 33.3 Å². The molecule has 2 N–H and O–H groups in total.